The SMILES string of the molecule is CCc1ccc(N2C(=O)[C@H]3[C@H](CC=C4[C@H]3C[C@H]3C(=O)N(c5ccc(CC)cc5)C(=O)[C@H]3[C@H]4c3ccc(OCCO)cc3)C2=O)cc1. The summed E-state index contributed by atoms with van der Waals surface area (Å²) < 4.78 is 5.59. The van der Waals surface area contributed by atoms with Crippen molar-refractivity contribution in [1.29, 1.82) is 0 Å². The Hall–Kier alpha value is -4.56. The van der Waals surface area contributed by atoms with Crippen LogP contribution in [0.4, 0.5) is 11.4 Å². The summed E-state index contributed by atoms with van der Waals surface area (Å²) in [5.74, 6) is -3.50. The Labute approximate surface area is 268 Å². The van der Waals surface area contributed by atoms with E-state index in [0.717, 1.165) is 35.1 Å². The van der Waals surface area contributed by atoms with Crippen molar-refractivity contribution < 1.29 is 29.0 Å². The van der Waals surface area contributed by atoms with Crippen LogP contribution in [-0.2, 0) is 32.0 Å². The summed E-state index contributed by atoms with van der Waals surface area (Å²) in [6.07, 6.45) is 4.50. The largest absolute Gasteiger partial charge is 0.491 e. The predicted octanol–water partition coefficient (Wildman–Crippen LogP) is 5.23. The minimum Gasteiger partial charge on any atom is -0.491 e. The average Bonchev–Trinajstić information content (AvgIpc) is 3.50. The molecule has 8 nitrogen and oxygen atoms in total. The van der Waals surface area contributed by atoms with Crippen LogP contribution in [0.3, 0.4) is 0 Å². The molecule has 0 aromatic heterocycles. The molecule has 1 saturated carbocycles. The quantitative estimate of drug-likeness (QED) is 0.274. The first kappa shape index (κ1) is 30.1. The number of rotatable bonds is 8. The van der Waals surface area contributed by atoms with Gasteiger partial charge >= 0.3 is 0 Å². The number of hydrogen-bond acceptors (Lipinski definition) is 6. The van der Waals surface area contributed by atoms with E-state index in [1.807, 2.05) is 72.8 Å². The Morgan fingerprint density at radius 2 is 1.22 bits per heavy atom. The molecule has 0 spiro atoms. The summed E-state index contributed by atoms with van der Waals surface area (Å²) in [5, 5.41) is 9.19. The lowest BCUT2D eigenvalue weighted by atomic mass is 9.57. The summed E-state index contributed by atoms with van der Waals surface area (Å²) in [4.78, 5) is 59.2. The maximum Gasteiger partial charge on any atom is 0.238 e. The van der Waals surface area contributed by atoms with Crippen LogP contribution in [0.5, 0.6) is 5.75 Å². The van der Waals surface area contributed by atoms with Gasteiger partial charge in [0, 0.05) is 5.92 Å². The topological polar surface area (TPSA) is 104 Å². The van der Waals surface area contributed by atoms with Crippen LogP contribution in [0.2, 0.25) is 0 Å². The lowest BCUT2D eigenvalue weighted by molar-refractivity contribution is -0.126. The summed E-state index contributed by atoms with van der Waals surface area (Å²) in [5.41, 5.74) is 5.17. The number of ether oxygens (including phenoxy) is 1. The number of hydrogen-bond donors (Lipinski definition) is 1. The number of aliphatic hydroxyl groups excluding tert-OH is 1. The van der Waals surface area contributed by atoms with E-state index in [1.165, 1.54) is 9.80 Å². The molecule has 4 amide bonds. The lowest BCUT2D eigenvalue weighted by Gasteiger charge is -2.44. The Morgan fingerprint density at radius 1 is 0.674 bits per heavy atom. The van der Waals surface area contributed by atoms with E-state index in [-0.39, 0.29) is 42.8 Å². The number of benzene rings is 3. The summed E-state index contributed by atoms with van der Waals surface area (Å²) in [6, 6.07) is 22.5. The Balaban J connectivity index is 1.28. The number of imide groups is 2. The zero-order valence-electron chi connectivity index (χ0n) is 26.1. The Kier molecular flexibility index (Phi) is 7.85. The number of fused-ring (bicyclic) bond motifs is 4. The maximum atomic E-state index is 14.3. The van der Waals surface area contributed by atoms with Gasteiger partial charge in [-0.05, 0) is 84.7 Å². The van der Waals surface area contributed by atoms with Crippen LogP contribution in [0.25, 0.3) is 0 Å². The van der Waals surface area contributed by atoms with Crippen LogP contribution >= 0.6 is 0 Å². The van der Waals surface area contributed by atoms with E-state index in [1.54, 1.807) is 0 Å². The number of aliphatic hydroxyl groups is 1. The van der Waals surface area contributed by atoms with Crippen molar-refractivity contribution in [2.45, 2.75) is 45.4 Å². The van der Waals surface area contributed by atoms with Gasteiger partial charge < -0.3 is 9.84 Å². The van der Waals surface area contributed by atoms with Gasteiger partial charge in [0.1, 0.15) is 12.4 Å². The minimum absolute atomic E-state index is 0.108. The molecular weight excluding hydrogens is 580 g/mol. The molecule has 0 unspecified atom stereocenters. The Bertz CT molecular complexity index is 1710. The van der Waals surface area contributed by atoms with Gasteiger partial charge in [0.15, 0.2) is 0 Å². The van der Waals surface area contributed by atoms with Gasteiger partial charge in [-0.15, -0.1) is 0 Å². The molecule has 2 aliphatic heterocycles. The van der Waals surface area contributed by atoms with Crippen molar-refractivity contribution in [2.24, 2.45) is 29.6 Å². The molecule has 6 atom stereocenters. The molecule has 46 heavy (non-hydrogen) atoms. The highest BCUT2D eigenvalue weighted by Crippen LogP contribution is 2.58. The smallest absolute Gasteiger partial charge is 0.238 e. The van der Waals surface area contributed by atoms with E-state index in [0.29, 0.717) is 30.0 Å². The van der Waals surface area contributed by atoms with E-state index in [2.05, 4.69) is 19.9 Å². The fourth-order valence-corrected chi connectivity index (χ4v) is 8.17. The van der Waals surface area contributed by atoms with Gasteiger partial charge in [-0.2, -0.15) is 0 Å². The summed E-state index contributed by atoms with van der Waals surface area (Å²) in [7, 11) is 0. The molecule has 3 aromatic rings. The second kappa shape index (κ2) is 12.0. The van der Waals surface area contributed by atoms with Crippen molar-refractivity contribution in [2.75, 3.05) is 23.0 Å². The van der Waals surface area contributed by atoms with Crippen molar-refractivity contribution in [3.05, 3.63) is 101 Å². The molecule has 2 heterocycles. The molecule has 0 radical (unpaired) electrons. The molecular formula is C38H38N2O6. The second-order valence-corrected chi connectivity index (χ2v) is 12.7. The number of allylic oxidation sites excluding steroid dienone is 2. The van der Waals surface area contributed by atoms with Crippen molar-refractivity contribution >= 4 is 35.0 Å². The third-order valence-electron chi connectivity index (χ3n) is 10.5. The second-order valence-electron chi connectivity index (χ2n) is 12.7. The zero-order chi connectivity index (χ0) is 32.1. The third-order valence-corrected chi connectivity index (χ3v) is 10.5. The van der Waals surface area contributed by atoms with Crippen molar-refractivity contribution in [3.8, 4) is 5.75 Å². The molecule has 3 fully saturated rings. The highest BCUT2D eigenvalue weighted by Gasteiger charge is 2.62. The van der Waals surface area contributed by atoms with Crippen LogP contribution in [0, 0.1) is 29.6 Å². The monoisotopic (exact) mass is 618 g/mol. The van der Waals surface area contributed by atoms with E-state index in [4.69, 9.17) is 4.74 Å². The van der Waals surface area contributed by atoms with Gasteiger partial charge in [-0.25, -0.2) is 0 Å². The molecule has 8 heteroatoms. The fourth-order valence-electron chi connectivity index (χ4n) is 8.17. The number of aryl methyl sites for hydroxylation is 2. The predicted molar refractivity (Wildman–Crippen MR) is 173 cm³/mol. The van der Waals surface area contributed by atoms with E-state index < -0.39 is 29.6 Å². The highest BCUT2D eigenvalue weighted by atomic mass is 16.5. The molecule has 1 N–H and O–H groups in total. The average molecular weight is 619 g/mol. The van der Waals surface area contributed by atoms with Gasteiger partial charge in [0.25, 0.3) is 0 Å². The Morgan fingerprint density at radius 3 is 1.76 bits per heavy atom. The first-order valence-electron chi connectivity index (χ1n) is 16.3. The fraction of sp³-hybridized carbons (Fsp3) is 0.368. The maximum absolute atomic E-state index is 14.3. The number of anilines is 2. The zero-order valence-corrected chi connectivity index (χ0v) is 26.1. The van der Waals surface area contributed by atoms with E-state index >= 15 is 0 Å². The molecule has 4 aliphatic rings. The molecule has 0 bridgehead atoms. The lowest BCUT2D eigenvalue weighted by Crippen LogP contribution is -2.43. The van der Waals surface area contributed by atoms with Crippen molar-refractivity contribution in [1.82, 2.24) is 0 Å². The van der Waals surface area contributed by atoms with E-state index in [9.17, 15) is 24.3 Å². The van der Waals surface area contributed by atoms with Gasteiger partial charge in [0.05, 0.1) is 41.7 Å². The highest BCUT2D eigenvalue weighted by molar-refractivity contribution is 6.24. The molecule has 2 aliphatic carbocycles. The first-order chi connectivity index (χ1) is 22.4. The van der Waals surface area contributed by atoms with Gasteiger partial charge in [-0.1, -0.05) is 61.9 Å². The molecule has 7 rings (SSSR count). The summed E-state index contributed by atoms with van der Waals surface area (Å²) >= 11 is 0. The number of amides is 4. The van der Waals surface area contributed by atoms with Crippen LogP contribution in [-0.4, -0.2) is 41.9 Å². The van der Waals surface area contributed by atoms with Crippen molar-refractivity contribution in [3.63, 3.8) is 0 Å². The first-order valence-corrected chi connectivity index (χ1v) is 16.3. The summed E-state index contributed by atoms with van der Waals surface area (Å²) in [6.45, 7) is 4.17. The number of nitrogens with zero attached hydrogens (tertiary/aromatic N) is 2. The minimum atomic E-state index is -0.633. The van der Waals surface area contributed by atoms with Gasteiger partial charge in [0.2, 0.25) is 23.6 Å². The number of carbonyl (C=O) groups excluding carboxylic acids is 4. The van der Waals surface area contributed by atoms with Crippen LogP contribution in [0.15, 0.2) is 84.4 Å². The number of carbonyl (C=O) groups is 4. The standard InChI is InChI=1S/C38H38N2O6/c1-3-22-5-11-25(12-6-22)39-35(42)29-18-17-28-30(33(29)37(39)44)21-31-34(32(28)24-9-15-27(16-10-24)46-20-19-41)38(45)40(36(31)43)26-13-7-23(4-2)8-14-26/h5-17,29-34,41H,3-4,18-21H2,1-2H3/t29-,30+,31+,32-,33-,34+/m0/s1. The van der Waals surface area contributed by atoms with Gasteiger partial charge in [-0.3, -0.25) is 29.0 Å². The molecule has 3 aromatic carbocycles. The molecule has 2 saturated heterocycles. The van der Waals surface area contributed by atoms with Crippen LogP contribution < -0.4 is 14.5 Å². The van der Waals surface area contributed by atoms with Crippen LogP contribution in [0.1, 0.15) is 49.3 Å². The normalized spacial score (nSPS) is 27.0. The third kappa shape index (κ3) is 4.78. The molecule has 236 valence electrons.